The van der Waals surface area contributed by atoms with Crippen molar-refractivity contribution in [2.75, 3.05) is 0 Å². The fourth-order valence-electron chi connectivity index (χ4n) is 1.53. The van der Waals surface area contributed by atoms with Gasteiger partial charge in [0.25, 0.3) is 0 Å². The van der Waals surface area contributed by atoms with Crippen LogP contribution in [0.5, 0.6) is 0 Å². The van der Waals surface area contributed by atoms with Crippen molar-refractivity contribution in [3.05, 3.63) is 35.5 Å². The maximum Gasteiger partial charge on any atom is 0.0456 e. The monoisotopic (exact) mass is 203 g/mol. The molecule has 0 unspecified atom stereocenters. The summed E-state index contributed by atoms with van der Waals surface area (Å²) in [5, 5.41) is 1.36. The van der Waals surface area contributed by atoms with Crippen LogP contribution in [0, 0.1) is 6.92 Å². The van der Waals surface area contributed by atoms with E-state index in [1.54, 1.807) is 0 Å². The van der Waals surface area contributed by atoms with Gasteiger partial charge in [0.1, 0.15) is 0 Å². The molecule has 0 aliphatic heterocycles. The minimum atomic E-state index is 1.11. The Morgan fingerprint density at radius 2 is 1.80 bits per heavy atom. The summed E-state index contributed by atoms with van der Waals surface area (Å²) in [5.41, 5.74) is 3.98. The average molecular weight is 203 g/mol. The second-order valence-corrected chi connectivity index (χ2v) is 3.91. The van der Waals surface area contributed by atoms with Crippen LogP contribution < -0.4 is 0 Å². The molecule has 0 radical (unpaired) electrons. The molecule has 1 aromatic carbocycles. The molecule has 0 aliphatic rings. The van der Waals surface area contributed by atoms with Gasteiger partial charge in [-0.05, 0) is 36.6 Å². The summed E-state index contributed by atoms with van der Waals surface area (Å²) < 4.78 is 0. The molecule has 0 fully saturated rings. The van der Waals surface area contributed by atoms with Gasteiger partial charge < -0.3 is 4.98 Å². The van der Waals surface area contributed by atoms with Crippen molar-refractivity contribution in [2.45, 2.75) is 40.5 Å². The third-order valence-corrected chi connectivity index (χ3v) is 2.36. The highest BCUT2D eigenvalue weighted by Crippen LogP contribution is 2.18. The number of H-pyrrole nitrogens is 1. The normalized spacial score (nSPS) is 9.87. The molecule has 0 atom stereocenters. The number of benzene rings is 1. The van der Waals surface area contributed by atoms with E-state index in [1.807, 2.05) is 0 Å². The summed E-state index contributed by atoms with van der Waals surface area (Å²) in [6.07, 6.45) is 4.42. The highest BCUT2D eigenvalue weighted by Gasteiger charge is 1.98. The van der Waals surface area contributed by atoms with Gasteiger partial charge in [0.2, 0.25) is 0 Å². The Morgan fingerprint density at radius 1 is 1.13 bits per heavy atom. The molecular formula is C14H21N. The topological polar surface area (TPSA) is 15.8 Å². The summed E-state index contributed by atoms with van der Waals surface area (Å²) in [5.74, 6) is 0. The number of hydrogen-bond acceptors (Lipinski definition) is 0. The van der Waals surface area contributed by atoms with Crippen molar-refractivity contribution < 1.29 is 0 Å². The lowest BCUT2D eigenvalue weighted by Crippen LogP contribution is -1.78. The van der Waals surface area contributed by atoms with Crippen LogP contribution in [-0.4, -0.2) is 4.98 Å². The number of aromatic nitrogens is 1. The number of aromatic amines is 1. The van der Waals surface area contributed by atoms with Crippen LogP contribution in [0.15, 0.2) is 24.4 Å². The summed E-state index contributed by atoms with van der Waals surface area (Å²) in [6, 6.07) is 6.60. The Hall–Kier alpha value is -1.24. The van der Waals surface area contributed by atoms with Crippen molar-refractivity contribution in [1.29, 1.82) is 0 Å². The smallest absolute Gasteiger partial charge is 0.0456 e. The van der Waals surface area contributed by atoms with E-state index in [0.29, 0.717) is 0 Å². The molecule has 0 spiro atoms. The van der Waals surface area contributed by atoms with Gasteiger partial charge in [-0.1, -0.05) is 33.3 Å². The summed E-state index contributed by atoms with van der Waals surface area (Å²) >= 11 is 0. The van der Waals surface area contributed by atoms with Crippen LogP contribution in [0.2, 0.25) is 0 Å². The van der Waals surface area contributed by atoms with Crippen LogP contribution >= 0.6 is 0 Å². The molecule has 1 nitrogen and oxygen atoms in total. The zero-order valence-electron chi connectivity index (χ0n) is 10.2. The minimum absolute atomic E-state index is 1.11. The zero-order chi connectivity index (χ0) is 11.3. The molecule has 0 aliphatic carbocycles. The van der Waals surface area contributed by atoms with E-state index in [4.69, 9.17) is 0 Å². The highest BCUT2D eigenvalue weighted by atomic mass is 14.7. The van der Waals surface area contributed by atoms with E-state index < -0.39 is 0 Å². The van der Waals surface area contributed by atoms with E-state index >= 15 is 0 Å². The average Bonchev–Trinajstić information content (AvgIpc) is 2.61. The number of aryl methyl sites for hydroxylation is 2. The number of hydrogen-bond donors (Lipinski definition) is 1. The Bertz CT molecular complexity index is 412. The number of rotatable bonds is 1. The van der Waals surface area contributed by atoms with Gasteiger partial charge in [0.15, 0.2) is 0 Å². The number of nitrogens with one attached hydrogen (secondary N) is 1. The maximum absolute atomic E-state index is 3.24. The zero-order valence-corrected chi connectivity index (χ0v) is 10.2. The van der Waals surface area contributed by atoms with E-state index in [1.165, 1.54) is 28.5 Å². The third kappa shape index (κ3) is 2.85. The number of fused-ring (bicyclic) bond motifs is 1. The van der Waals surface area contributed by atoms with Crippen molar-refractivity contribution in [1.82, 2.24) is 4.98 Å². The first kappa shape index (κ1) is 11.8. The Kier molecular flexibility index (Phi) is 4.41. The first-order valence-corrected chi connectivity index (χ1v) is 5.79. The molecule has 1 N–H and O–H groups in total. The minimum Gasteiger partial charge on any atom is -0.361 e. The Labute approximate surface area is 92.5 Å². The van der Waals surface area contributed by atoms with Gasteiger partial charge in [-0.3, -0.25) is 0 Å². The van der Waals surface area contributed by atoms with Gasteiger partial charge >= 0.3 is 0 Å². The fraction of sp³-hybridized carbons (Fsp3) is 0.429. The molecule has 1 aromatic heterocycles. The van der Waals surface area contributed by atoms with Crippen molar-refractivity contribution in [2.24, 2.45) is 0 Å². The Balaban J connectivity index is 0.000000337. The predicted octanol–water partition coefficient (Wildman–Crippen LogP) is 4.46. The van der Waals surface area contributed by atoms with Crippen LogP contribution in [-0.2, 0) is 6.42 Å². The molecule has 1 heterocycles. The van der Waals surface area contributed by atoms with Crippen LogP contribution in [0.4, 0.5) is 0 Å². The third-order valence-electron chi connectivity index (χ3n) is 2.36. The van der Waals surface area contributed by atoms with E-state index in [2.05, 4.69) is 57.1 Å². The largest absolute Gasteiger partial charge is 0.361 e. The van der Waals surface area contributed by atoms with Gasteiger partial charge in [-0.2, -0.15) is 0 Å². The van der Waals surface area contributed by atoms with Gasteiger partial charge in [0, 0.05) is 17.1 Å². The summed E-state index contributed by atoms with van der Waals surface area (Å²) in [6.45, 7) is 8.57. The lowest BCUT2D eigenvalue weighted by molar-refractivity contribution is 1.09. The van der Waals surface area contributed by atoms with Gasteiger partial charge in [-0.15, -0.1) is 0 Å². The van der Waals surface area contributed by atoms with Crippen LogP contribution in [0.1, 0.15) is 38.3 Å². The van der Waals surface area contributed by atoms with Crippen molar-refractivity contribution in [3.8, 4) is 0 Å². The lowest BCUT2D eigenvalue weighted by atomic mass is 10.1. The fourth-order valence-corrected chi connectivity index (χ4v) is 1.53. The molecule has 2 rings (SSSR count). The Morgan fingerprint density at radius 3 is 2.40 bits per heavy atom. The second-order valence-electron chi connectivity index (χ2n) is 3.91. The lowest BCUT2D eigenvalue weighted by Gasteiger charge is -1.96. The van der Waals surface area contributed by atoms with Crippen molar-refractivity contribution in [3.63, 3.8) is 0 Å². The summed E-state index contributed by atoms with van der Waals surface area (Å²) in [7, 11) is 0. The standard InChI is InChI=1S/C11H13N.C3H8/c1-3-9-4-5-11-10(6-9)8(2)7-12-11;1-3-2/h4-7,12H,3H2,1-2H3;3H2,1-2H3. The van der Waals surface area contributed by atoms with Crippen LogP contribution in [0.25, 0.3) is 10.9 Å². The molecule has 0 saturated heterocycles. The molecule has 0 bridgehead atoms. The summed E-state index contributed by atoms with van der Waals surface area (Å²) in [4.78, 5) is 3.24. The van der Waals surface area contributed by atoms with E-state index in [0.717, 1.165) is 6.42 Å². The quantitative estimate of drug-likeness (QED) is 0.704. The van der Waals surface area contributed by atoms with E-state index in [9.17, 15) is 0 Å². The van der Waals surface area contributed by atoms with Crippen molar-refractivity contribution >= 4 is 10.9 Å². The van der Waals surface area contributed by atoms with Crippen LogP contribution in [0.3, 0.4) is 0 Å². The highest BCUT2D eigenvalue weighted by molar-refractivity contribution is 5.83. The molecule has 82 valence electrons. The first-order chi connectivity index (χ1) is 7.22. The molecule has 1 heteroatoms. The van der Waals surface area contributed by atoms with Gasteiger partial charge in [0.05, 0.1) is 0 Å². The molecule has 0 saturated carbocycles. The van der Waals surface area contributed by atoms with E-state index in [-0.39, 0.29) is 0 Å². The predicted molar refractivity (Wildman–Crippen MR) is 68.4 cm³/mol. The second kappa shape index (κ2) is 5.59. The first-order valence-electron chi connectivity index (χ1n) is 5.79. The van der Waals surface area contributed by atoms with Gasteiger partial charge in [-0.25, -0.2) is 0 Å². The SMILES string of the molecule is CCC.CCc1ccc2[nH]cc(C)c2c1. The molecule has 2 aromatic rings. The maximum atomic E-state index is 3.24. The molecule has 0 amide bonds. The molecular weight excluding hydrogens is 182 g/mol. The molecule has 15 heavy (non-hydrogen) atoms.